The fraction of sp³-hybridized carbons (Fsp3) is 0.556. The Labute approximate surface area is 142 Å². The molecule has 1 amide bonds. The summed E-state index contributed by atoms with van der Waals surface area (Å²) < 4.78 is 16.0. The van der Waals surface area contributed by atoms with E-state index in [1.54, 1.807) is 4.90 Å². The van der Waals surface area contributed by atoms with E-state index < -0.39 is 12.1 Å². The number of carbonyl (C=O) groups excluding carboxylic acids is 2. The highest BCUT2D eigenvalue weighted by Crippen LogP contribution is 2.22. The van der Waals surface area contributed by atoms with Crippen molar-refractivity contribution in [3.8, 4) is 0 Å². The summed E-state index contributed by atoms with van der Waals surface area (Å²) in [6.07, 6.45) is -0.179. The van der Waals surface area contributed by atoms with Crippen molar-refractivity contribution in [1.29, 1.82) is 0 Å². The molecule has 0 aliphatic carbocycles. The zero-order valence-corrected chi connectivity index (χ0v) is 14.4. The topological polar surface area (TPSA) is 65.1 Å². The van der Waals surface area contributed by atoms with Crippen LogP contribution in [0.3, 0.4) is 0 Å². The maximum Gasteiger partial charge on any atom is 0.410 e. The van der Waals surface area contributed by atoms with Crippen molar-refractivity contribution in [3.63, 3.8) is 0 Å². The van der Waals surface area contributed by atoms with E-state index in [0.29, 0.717) is 25.9 Å². The number of nitrogens with zero attached hydrogens (tertiary/aromatic N) is 1. The number of hydrogen-bond donors (Lipinski definition) is 0. The number of esters is 1. The van der Waals surface area contributed by atoms with Crippen molar-refractivity contribution in [2.45, 2.75) is 45.0 Å². The number of likely N-dealkylation sites (tertiary alicyclic amines) is 1. The Balaban J connectivity index is 1.84. The Morgan fingerprint density at radius 3 is 2.29 bits per heavy atom. The van der Waals surface area contributed by atoms with Gasteiger partial charge in [-0.15, -0.1) is 0 Å². The first kappa shape index (κ1) is 18.3. The maximum atomic E-state index is 12.4. The SMILES string of the molecule is CO[C@H](C(=O)OC1CCN(C(=O)OC(C)C)CC1)c1ccccc1. The van der Waals surface area contributed by atoms with Gasteiger partial charge in [0.1, 0.15) is 6.10 Å². The van der Waals surface area contributed by atoms with Crippen molar-refractivity contribution < 1.29 is 23.8 Å². The summed E-state index contributed by atoms with van der Waals surface area (Å²) in [6.45, 7) is 4.68. The van der Waals surface area contributed by atoms with Crippen LogP contribution < -0.4 is 0 Å². The molecule has 1 aliphatic heterocycles. The Hall–Kier alpha value is -2.08. The molecule has 1 aromatic rings. The lowest BCUT2D eigenvalue weighted by Gasteiger charge is -2.32. The fourth-order valence-corrected chi connectivity index (χ4v) is 2.65. The summed E-state index contributed by atoms with van der Waals surface area (Å²) in [5.41, 5.74) is 0.767. The Kier molecular flexibility index (Phi) is 6.61. The summed E-state index contributed by atoms with van der Waals surface area (Å²) in [5.74, 6) is -0.396. The normalized spacial score (nSPS) is 16.8. The Morgan fingerprint density at radius 2 is 1.75 bits per heavy atom. The van der Waals surface area contributed by atoms with Crippen molar-refractivity contribution in [3.05, 3.63) is 35.9 Å². The van der Waals surface area contributed by atoms with E-state index in [1.165, 1.54) is 7.11 Å². The largest absolute Gasteiger partial charge is 0.460 e. The minimum absolute atomic E-state index is 0.138. The van der Waals surface area contributed by atoms with Crippen LogP contribution in [0.5, 0.6) is 0 Å². The van der Waals surface area contributed by atoms with E-state index in [2.05, 4.69) is 0 Å². The Bertz CT molecular complexity index is 538. The highest BCUT2D eigenvalue weighted by molar-refractivity contribution is 5.76. The molecule has 1 heterocycles. The second kappa shape index (κ2) is 8.68. The number of hydrogen-bond acceptors (Lipinski definition) is 5. The van der Waals surface area contributed by atoms with Gasteiger partial charge in [0.25, 0.3) is 0 Å². The van der Waals surface area contributed by atoms with Crippen LogP contribution >= 0.6 is 0 Å². The van der Waals surface area contributed by atoms with Gasteiger partial charge in [-0.3, -0.25) is 0 Å². The van der Waals surface area contributed by atoms with E-state index >= 15 is 0 Å². The number of rotatable bonds is 5. The molecular weight excluding hydrogens is 310 g/mol. The van der Waals surface area contributed by atoms with Gasteiger partial charge in [-0.1, -0.05) is 30.3 Å². The molecule has 1 fully saturated rings. The smallest absolute Gasteiger partial charge is 0.410 e. The molecule has 6 nitrogen and oxygen atoms in total. The van der Waals surface area contributed by atoms with Crippen LogP contribution in [0.25, 0.3) is 0 Å². The fourth-order valence-electron chi connectivity index (χ4n) is 2.65. The monoisotopic (exact) mass is 335 g/mol. The number of methoxy groups -OCH3 is 1. The molecule has 1 saturated heterocycles. The molecule has 0 aromatic heterocycles. The van der Waals surface area contributed by atoms with Crippen molar-refractivity contribution in [1.82, 2.24) is 4.90 Å². The quantitative estimate of drug-likeness (QED) is 0.774. The van der Waals surface area contributed by atoms with Gasteiger partial charge in [-0.2, -0.15) is 0 Å². The summed E-state index contributed by atoms with van der Waals surface area (Å²) in [4.78, 5) is 25.9. The molecular formula is C18H25NO5. The molecule has 2 rings (SSSR count). The number of ether oxygens (including phenoxy) is 3. The van der Waals surface area contributed by atoms with E-state index in [1.807, 2.05) is 44.2 Å². The van der Waals surface area contributed by atoms with Crippen LogP contribution in [0.2, 0.25) is 0 Å². The zero-order chi connectivity index (χ0) is 17.5. The lowest BCUT2D eigenvalue weighted by atomic mass is 10.1. The second-order valence-electron chi connectivity index (χ2n) is 6.08. The minimum Gasteiger partial charge on any atom is -0.460 e. The number of amides is 1. The standard InChI is InChI=1S/C18H25NO5/c1-13(2)23-18(21)19-11-9-15(10-12-19)24-17(20)16(22-3)14-7-5-4-6-8-14/h4-8,13,15-16H,9-12H2,1-3H3/t16-/m0/s1. The summed E-state index contributed by atoms with van der Waals surface area (Å²) in [6, 6.07) is 9.26. The molecule has 1 atom stereocenters. The van der Waals surface area contributed by atoms with Gasteiger partial charge in [0.2, 0.25) is 0 Å². The molecule has 0 bridgehead atoms. The highest BCUT2D eigenvalue weighted by atomic mass is 16.6. The van der Waals surface area contributed by atoms with Crippen molar-refractivity contribution in [2.24, 2.45) is 0 Å². The molecule has 24 heavy (non-hydrogen) atoms. The number of carbonyl (C=O) groups is 2. The van der Waals surface area contributed by atoms with Crippen LogP contribution in [0, 0.1) is 0 Å². The Morgan fingerprint density at radius 1 is 1.12 bits per heavy atom. The van der Waals surface area contributed by atoms with Gasteiger partial charge in [-0.05, 0) is 19.4 Å². The summed E-state index contributed by atoms with van der Waals surface area (Å²) in [5, 5.41) is 0. The van der Waals surface area contributed by atoms with Crippen LogP contribution in [-0.4, -0.2) is 49.4 Å². The molecule has 0 unspecified atom stereocenters. The molecule has 0 spiro atoms. The predicted octanol–water partition coefficient (Wildman–Crippen LogP) is 2.93. The van der Waals surface area contributed by atoms with Crippen LogP contribution in [-0.2, 0) is 19.0 Å². The molecule has 132 valence electrons. The van der Waals surface area contributed by atoms with Gasteiger partial charge >= 0.3 is 12.1 Å². The van der Waals surface area contributed by atoms with Gasteiger partial charge in [0.05, 0.1) is 6.10 Å². The van der Waals surface area contributed by atoms with E-state index in [4.69, 9.17) is 14.2 Å². The zero-order valence-electron chi connectivity index (χ0n) is 14.4. The molecule has 6 heteroatoms. The van der Waals surface area contributed by atoms with E-state index in [9.17, 15) is 9.59 Å². The van der Waals surface area contributed by atoms with Crippen molar-refractivity contribution >= 4 is 12.1 Å². The van der Waals surface area contributed by atoms with Crippen LogP contribution in [0.4, 0.5) is 4.79 Å². The minimum atomic E-state index is -0.727. The first-order chi connectivity index (χ1) is 11.5. The first-order valence-electron chi connectivity index (χ1n) is 8.25. The van der Waals surface area contributed by atoms with Gasteiger partial charge in [-0.25, -0.2) is 9.59 Å². The third kappa shape index (κ3) is 4.96. The highest BCUT2D eigenvalue weighted by Gasteiger charge is 2.29. The van der Waals surface area contributed by atoms with E-state index in [0.717, 1.165) is 5.56 Å². The third-order valence-corrected chi connectivity index (χ3v) is 3.87. The summed E-state index contributed by atoms with van der Waals surface area (Å²) >= 11 is 0. The van der Waals surface area contributed by atoms with E-state index in [-0.39, 0.29) is 18.3 Å². The maximum absolute atomic E-state index is 12.4. The first-order valence-corrected chi connectivity index (χ1v) is 8.25. The lowest BCUT2D eigenvalue weighted by molar-refractivity contribution is -0.163. The van der Waals surface area contributed by atoms with Gasteiger partial charge in [0.15, 0.2) is 6.10 Å². The molecule has 1 aliphatic rings. The van der Waals surface area contributed by atoms with Crippen molar-refractivity contribution in [2.75, 3.05) is 20.2 Å². The molecule has 0 N–H and O–H groups in total. The van der Waals surface area contributed by atoms with Crippen LogP contribution in [0.1, 0.15) is 38.4 Å². The average Bonchev–Trinajstić information content (AvgIpc) is 2.56. The molecule has 1 aromatic carbocycles. The third-order valence-electron chi connectivity index (χ3n) is 3.87. The number of benzene rings is 1. The lowest BCUT2D eigenvalue weighted by Crippen LogP contribution is -2.42. The van der Waals surface area contributed by atoms with Gasteiger partial charge in [0, 0.05) is 33.0 Å². The molecule has 0 radical (unpaired) electrons. The summed E-state index contributed by atoms with van der Waals surface area (Å²) in [7, 11) is 1.49. The number of piperidine rings is 1. The second-order valence-corrected chi connectivity index (χ2v) is 6.08. The van der Waals surface area contributed by atoms with Crippen LogP contribution in [0.15, 0.2) is 30.3 Å². The average molecular weight is 335 g/mol. The predicted molar refractivity (Wildman–Crippen MR) is 88.5 cm³/mol. The van der Waals surface area contributed by atoms with Gasteiger partial charge < -0.3 is 19.1 Å². The molecule has 0 saturated carbocycles.